The van der Waals surface area contributed by atoms with E-state index < -0.39 is 0 Å². The van der Waals surface area contributed by atoms with Gasteiger partial charge in [0.15, 0.2) is 5.16 Å². The molecule has 0 N–H and O–H groups in total. The Morgan fingerprint density at radius 2 is 1.94 bits per heavy atom. The molecule has 1 aliphatic heterocycles. The van der Waals surface area contributed by atoms with E-state index in [1.807, 2.05) is 24.3 Å². The number of halogens is 1. The van der Waals surface area contributed by atoms with E-state index >= 15 is 0 Å². The summed E-state index contributed by atoms with van der Waals surface area (Å²) in [6.45, 7) is 6.46. The highest BCUT2D eigenvalue weighted by Crippen LogP contribution is 2.28. The second-order valence-electron chi connectivity index (χ2n) is 7.69. The summed E-state index contributed by atoms with van der Waals surface area (Å²) >= 11 is 7.42. The summed E-state index contributed by atoms with van der Waals surface area (Å²) in [5.41, 5.74) is 2.18. The van der Waals surface area contributed by atoms with Gasteiger partial charge in [0.05, 0.1) is 35.6 Å². The number of hydrogen-bond acceptors (Lipinski definition) is 5. The van der Waals surface area contributed by atoms with Gasteiger partial charge < -0.3 is 9.64 Å². The van der Waals surface area contributed by atoms with Crippen molar-refractivity contribution in [3.63, 3.8) is 0 Å². The maximum atomic E-state index is 13.5. The van der Waals surface area contributed by atoms with Crippen molar-refractivity contribution < 1.29 is 9.53 Å². The number of ether oxygens (including phenoxy) is 1. The molecule has 3 aromatic rings. The number of fused-ring (bicyclic) bond motifs is 1. The summed E-state index contributed by atoms with van der Waals surface area (Å²) in [6, 6.07) is 12.9. The fourth-order valence-electron chi connectivity index (χ4n) is 3.66. The molecule has 2 aromatic carbocycles. The average Bonchev–Trinajstić information content (AvgIpc) is 2.78. The van der Waals surface area contributed by atoms with Crippen LogP contribution in [-0.2, 0) is 9.53 Å². The summed E-state index contributed by atoms with van der Waals surface area (Å²) in [4.78, 5) is 32.8. The molecular weight excluding hydrogens is 434 g/mol. The largest absolute Gasteiger partial charge is 0.378 e. The molecule has 1 aromatic heterocycles. The van der Waals surface area contributed by atoms with Gasteiger partial charge in [0.1, 0.15) is 0 Å². The number of amides is 1. The van der Waals surface area contributed by atoms with Gasteiger partial charge in [-0.05, 0) is 35.7 Å². The number of nitrogens with zero attached hydrogens (tertiary/aromatic N) is 3. The van der Waals surface area contributed by atoms with Crippen LogP contribution in [-0.4, -0.2) is 52.4 Å². The van der Waals surface area contributed by atoms with Crippen molar-refractivity contribution in [1.29, 1.82) is 0 Å². The first-order valence-electron chi connectivity index (χ1n) is 10.3. The van der Waals surface area contributed by atoms with Crippen molar-refractivity contribution in [1.82, 2.24) is 14.5 Å². The molecule has 0 atom stereocenters. The topological polar surface area (TPSA) is 64.4 Å². The third-order valence-corrected chi connectivity index (χ3v) is 6.45. The maximum Gasteiger partial charge on any atom is 0.266 e. The zero-order valence-electron chi connectivity index (χ0n) is 17.5. The Kier molecular flexibility index (Phi) is 6.65. The second kappa shape index (κ2) is 9.42. The number of benzene rings is 2. The van der Waals surface area contributed by atoms with Crippen LogP contribution in [0.1, 0.15) is 25.3 Å². The van der Waals surface area contributed by atoms with Gasteiger partial charge in [0, 0.05) is 18.1 Å². The average molecular weight is 458 g/mol. The van der Waals surface area contributed by atoms with Crippen LogP contribution in [0.5, 0.6) is 0 Å². The highest BCUT2D eigenvalue weighted by Gasteiger charge is 2.21. The number of carbonyl (C=O) groups excluding carboxylic acids is 1. The van der Waals surface area contributed by atoms with Gasteiger partial charge in [-0.15, -0.1) is 0 Å². The second-order valence-corrected chi connectivity index (χ2v) is 9.07. The Hall–Kier alpha value is -2.35. The van der Waals surface area contributed by atoms with E-state index in [2.05, 4.69) is 13.8 Å². The normalized spacial score (nSPS) is 14.4. The number of morpholine rings is 1. The molecule has 0 unspecified atom stereocenters. The van der Waals surface area contributed by atoms with Crippen molar-refractivity contribution in [2.75, 3.05) is 32.1 Å². The van der Waals surface area contributed by atoms with Gasteiger partial charge in [-0.1, -0.05) is 55.4 Å². The molecule has 0 saturated carbocycles. The van der Waals surface area contributed by atoms with E-state index in [4.69, 9.17) is 21.3 Å². The molecule has 1 saturated heterocycles. The lowest BCUT2D eigenvalue weighted by atomic mass is 10.0. The van der Waals surface area contributed by atoms with Crippen molar-refractivity contribution in [3.05, 3.63) is 63.4 Å². The first kappa shape index (κ1) is 21.9. The lowest BCUT2D eigenvalue weighted by Gasteiger charge is -2.26. The van der Waals surface area contributed by atoms with Gasteiger partial charge >= 0.3 is 0 Å². The SMILES string of the molecule is CC(C)c1ccccc1-n1c(SCC(=O)N2CCOCC2)nc2cc(Cl)ccc2c1=O. The van der Waals surface area contributed by atoms with Gasteiger partial charge in [-0.2, -0.15) is 0 Å². The Bertz CT molecular complexity index is 1170. The molecule has 4 rings (SSSR count). The number of aromatic nitrogens is 2. The molecule has 0 spiro atoms. The highest BCUT2D eigenvalue weighted by atomic mass is 35.5. The van der Waals surface area contributed by atoms with Crippen LogP contribution in [0.4, 0.5) is 0 Å². The molecule has 0 bridgehead atoms. The maximum absolute atomic E-state index is 13.5. The van der Waals surface area contributed by atoms with Gasteiger partial charge in [0.25, 0.3) is 5.56 Å². The Morgan fingerprint density at radius 3 is 2.68 bits per heavy atom. The van der Waals surface area contributed by atoms with E-state index in [9.17, 15) is 9.59 Å². The monoisotopic (exact) mass is 457 g/mol. The van der Waals surface area contributed by atoms with E-state index in [0.717, 1.165) is 11.3 Å². The van der Waals surface area contributed by atoms with Crippen LogP contribution in [0, 0.1) is 0 Å². The Labute approximate surface area is 190 Å². The number of rotatable bonds is 5. The van der Waals surface area contributed by atoms with Crippen LogP contribution in [0.25, 0.3) is 16.6 Å². The molecule has 1 fully saturated rings. The molecule has 0 radical (unpaired) electrons. The highest BCUT2D eigenvalue weighted by molar-refractivity contribution is 7.99. The standard InChI is InChI=1S/C23H24ClN3O3S/c1-15(2)17-5-3-4-6-20(17)27-22(29)18-8-7-16(24)13-19(18)25-23(27)31-14-21(28)26-9-11-30-12-10-26/h3-8,13,15H,9-12,14H2,1-2H3. The smallest absolute Gasteiger partial charge is 0.266 e. The molecule has 1 amide bonds. The third-order valence-electron chi connectivity index (χ3n) is 5.29. The predicted octanol–water partition coefficient (Wildman–Crippen LogP) is 4.11. The fourth-order valence-corrected chi connectivity index (χ4v) is 4.73. The molecule has 6 nitrogen and oxygen atoms in total. The summed E-state index contributed by atoms with van der Waals surface area (Å²) in [5.74, 6) is 0.428. The molecule has 31 heavy (non-hydrogen) atoms. The molecule has 162 valence electrons. The zero-order chi connectivity index (χ0) is 22.0. The van der Waals surface area contributed by atoms with Crippen LogP contribution in [0.3, 0.4) is 0 Å². The summed E-state index contributed by atoms with van der Waals surface area (Å²) in [6.07, 6.45) is 0. The third kappa shape index (κ3) is 4.63. The van der Waals surface area contributed by atoms with Crippen LogP contribution < -0.4 is 5.56 Å². The zero-order valence-corrected chi connectivity index (χ0v) is 19.1. The summed E-state index contributed by atoms with van der Waals surface area (Å²) in [5, 5.41) is 1.49. The van der Waals surface area contributed by atoms with E-state index in [1.165, 1.54) is 11.8 Å². The van der Waals surface area contributed by atoms with Gasteiger partial charge in [-0.3, -0.25) is 14.2 Å². The van der Waals surface area contributed by atoms with Gasteiger partial charge in [-0.25, -0.2) is 4.98 Å². The summed E-state index contributed by atoms with van der Waals surface area (Å²) in [7, 11) is 0. The van der Waals surface area contributed by atoms with Crippen molar-refractivity contribution in [3.8, 4) is 5.69 Å². The fraction of sp³-hybridized carbons (Fsp3) is 0.348. The molecular formula is C23H24ClN3O3S. The van der Waals surface area contributed by atoms with Gasteiger partial charge in [0.2, 0.25) is 5.91 Å². The minimum atomic E-state index is -0.170. The lowest BCUT2D eigenvalue weighted by molar-refractivity contribution is -0.132. The minimum absolute atomic E-state index is 0.0115. The minimum Gasteiger partial charge on any atom is -0.378 e. The van der Waals surface area contributed by atoms with Crippen LogP contribution >= 0.6 is 23.4 Å². The Balaban J connectivity index is 1.80. The quantitative estimate of drug-likeness (QED) is 0.426. The number of carbonyl (C=O) groups is 1. The predicted molar refractivity (Wildman–Crippen MR) is 125 cm³/mol. The number of hydrogen-bond donors (Lipinski definition) is 0. The molecule has 1 aliphatic rings. The summed E-state index contributed by atoms with van der Waals surface area (Å²) < 4.78 is 6.96. The Morgan fingerprint density at radius 1 is 1.19 bits per heavy atom. The van der Waals surface area contributed by atoms with E-state index in [-0.39, 0.29) is 23.1 Å². The van der Waals surface area contributed by atoms with Crippen molar-refractivity contribution in [2.24, 2.45) is 0 Å². The lowest BCUT2D eigenvalue weighted by Crippen LogP contribution is -2.41. The first-order valence-corrected chi connectivity index (χ1v) is 11.6. The molecule has 8 heteroatoms. The number of thioether (sulfide) groups is 1. The molecule has 0 aliphatic carbocycles. The number of para-hydroxylation sites is 1. The van der Waals surface area contributed by atoms with Crippen LogP contribution in [0.2, 0.25) is 5.02 Å². The molecule has 2 heterocycles. The van der Waals surface area contributed by atoms with Crippen molar-refractivity contribution >= 4 is 40.2 Å². The van der Waals surface area contributed by atoms with E-state index in [1.54, 1.807) is 27.7 Å². The first-order chi connectivity index (χ1) is 15.0. The van der Waals surface area contributed by atoms with Crippen LogP contribution in [0.15, 0.2) is 52.4 Å². The van der Waals surface area contributed by atoms with Crippen molar-refractivity contribution in [2.45, 2.75) is 24.9 Å². The van der Waals surface area contributed by atoms with E-state index in [0.29, 0.717) is 47.4 Å².